The van der Waals surface area contributed by atoms with Crippen LogP contribution in [0.1, 0.15) is 15.2 Å². The molecule has 5 N–H and O–H groups in total. The summed E-state index contributed by atoms with van der Waals surface area (Å²) in [6, 6.07) is 9.65. The Morgan fingerprint density at radius 3 is 2.72 bits per heavy atom. The first kappa shape index (κ1) is 12.9. The van der Waals surface area contributed by atoms with Gasteiger partial charge >= 0.3 is 0 Å². The molecule has 2 aromatic rings. The fourth-order valence-electron chi connectivity index (χ4n) is 1.51. The highest BCUT2D eigenvalue weighted by atomic mass is 79.9. The molecule has 1 aromatic carbocycles. The lowest BCUT2D eigenvalue weighted by molar-refractivity contribution is 0.100. The molecule has 1 heterocycles. The van der Waals surface area contributed by atoms with E-state index in [0.717, 1.165) is 15.0 Å². The first-order valence-electron chi connectivity index (χ1n) is 5.24. The van der Waals surface area contributed by atoms with Gasteiger partial charge in [-0.05, 0) is 17.7 Å². The molecule has 0 aliphatic heterocycles. The van der Waals surface area contributed by atoms with Crippen molar-refractivity contribution < 1.29 is 4.79 Å². The second-order valence-electron chi connectivity index (χ2n) is 3.70. The molecule has 2 rings (SSSR count). The Balaban J connectivity index is 2.09. The summed E-state index contributed by atoms with van der Waals surface area (Å²) < 4.78 is 1.04. The molecule has 0 saturated heterocycles. The lowest BCUT2D eigenvalue weighted by atomic mass is 10.2. The van der Waals surface area contributed by atoms with Crippen LogP contribution in [0.4, 0.5) is 10.7 Å². The fourth-order valence-corrected chi connectivity index (χ4v) is 2.76. The summed E-state index contributed by atoms with van der Waals surface area (Å²) in [5, 5.41) is 4.05. The predicted molar refractivity (Wildman–Crippen MR) is 78.7 cm³/mol. The number of amides is 1. The van der Waals surface area contributed by atoms with E-state index >= 15 is 0 Å². The van der Waals surface area contributed by atoms with E-state index in [2.05, 4.69) is 21.2 Å². The van der Waals surface area contributed by atoms with Gasteiger partial charge in [0.1, 0.15) is 4.88 Å². The Bertz CT molecular complexity index is 582. The number of rotatable bonds is 4. The number of benzene rings is 1. The van der Waals surface area contributed by atoms with Gasteiger partial charge in [0, 0.05) is 11.0 Å². The quantitative estimate of drug-likeness (QED) is 0.808. The van der Waals surface area contributed by atoms with Gasteiger partial charge in [0.25, 0.3) is 5.91 Å². The van der Waals surface area contributed by atoms with Crippen molar-refractivity contribution in [3.8, 4) is 0 Å². The zero-order valence-electron chi connectivity index (χ0n) is 9.44. The topological polar surface area (TPSA) is 81.1 Å². The molecule has 0 spiro atoms. The van der Waals surface area contributed by atoms with Crippen LogP contribution in [0.25, 0.3) is 0 Å². The largest absolute Gasteiger partial charge is 0.397 e. The number of hydrogen-bond donors (Lipinski definition) is 3. The van der Waals surface area contributed by atoms with Crippen LogP contribution in [0.15, 0.2) is 34.8 Å². The average molecular weight is 326 g/mol. The first-order chi connectivity index (χ1) is 8.58. The van der Waals surface area contributed by atoms with Crippen LogP contribution in [0.2, 0.25) is 0 Å². The second-order valence-corrected chi connectivity index (χ2v) is 5.61. The van der Waals surface area contributed by atoms with Gasteiger partial charge in [-0.3, -0.25) is 4.79 Å². The molecule has 0 saturated carbocycles. The molecule has 0 radical (unpaired) electrons. The maximum Gasteiger partial charge on any atom is 0.260 e. The van der Waals surface area contributed by atoms with Crippen molar-refractivity contribution in [1.82, 2.24) is 0 Å². The minimum absolute atomic E-state index is 0.393. The van der Waals surface area contributed by atoms with Crippen molar-refractivity contribution in [3.63, 3.8) is 0 Å². The molecule has 94 valence electrons. The molecular weight excluding hydrogens is 314 g/mol. The van der Waals surface area contributed by atoms with Crippen LogP contribution in [0.5, 0.6) is 0 Å². The molecule has 0 bridgehead atoms. The number of nitrogen functional groups attached to an aromatic ring is 1. The number of nitrogens with two attached hydrogens (primary N) is 2. The van der Waals surface area contributed by atoms with Gasteiger partial charge in [-0.1, -0.05) is 34.1 Å². The molecule has 0 atom stereocenters. The van der Waals surface area contributed by atoms with E-state index in [9.17, 15) is 4.79 Å². The number of carbonyl (C=O) groups excluding carboxylic acids is 1. The van der Waals surface area contributed by atoms with E-state index in [1.807, 2.05) is 24.3 Å². The number of thiophene rings is 1. The predicted octanol–water partition coefficient (Wildman–Crippen LogP) is 2.80. The van der Waals surface area contributed by atoms with Gasteiger partial charge in [0.15, 0.2) is 0 Å². The minimum Gasteiger partial charge on any atom is -0.397 e. The number of hydrogen-bond acceptors (Lipinski definition) is 4. The summed E-state index contributed by atoms with van der Waals surface area (Å²) in [5.41, 5.74) is 12.5. The van der Waals surface area contributed by atoms with E-state index in [-0.39, 0.29) is 0 Å². The Morgan fingerprint density at radius 2 is 2.11 bits per heavy atom. The molecule has 0 aliphatic rings. The Hall–Kier alpha value is -1.53. The van der Waals surface area contributed by atoms with Crippen LogP contribution < -0.4 is 16.8 Å². The van der Waals surface area contributed by atoms with Crippen molar-refractivity contribution in [2.75, 3.05) is 11.1 Å². The molecule has 0 unspecified atom stereocenters. The molecule has 0 fully saturated rings. The highest BCUT2D eigenvalue weighted by molar-refractivity contribution is 9.10. The smallest absolute Gasteiger partial charge is 0.260 e. The molecule has 6 heteroatoms. The van der Waals surface area contributed by atoms with Crippen LogP contribution in [-0.4, -0.2) is 5.91 Å². The lowest BCUT2D eigenvalue weighted by Crippen LogP contribution is -2.10. The zero-order chi connectivity index (χ0) is 13.1. The van der Waals surface area contributed by atoms with Crippen molar-refractivity contribution >= 4 is 43.9 Å². The first-order valence-corrected chi connectivity index (χ1v) is 6.85. The van der Waals surface area contributed by atoms with E-state index < -0.39 is 5.91 Å². The maximum absolute atomic E-state index is 11.1. The van der Waals surface area contributed by atoms with Gasteiger partial charge in [0.05, 0.1) is 10.7 Å². The van der Waals surface area contributed by atoms with Crippen LogP contribution in [-0.2, 0) is 6.54 Å². The van der Waals surface area contributed by atoms with E-state index in [1.165, 1.54) is 11.3 Å². The molecule has 1 aromatic heterocycles. The van der Waals surface area contributed by atoms with Gasteiger partial charge in [-0.2, -0.15) is 0 Å². The Kier molecular flexibility index (Phi) is 3.88. The molecule has 18 heavy (non-hydrogen) atoms. The molecule has 1 amide bonds. The zero-order valence-corrected chi connectivity index (χ0v) is 11.8. The SMILES string of the molecule is NC(=O)c1sc(NCc2ccccc2Br)cc1N. The van der Waals surface area contributed by atoms with Crippen LogP contribution in [0.3, 0.4) is 0 Å². The highest BCUT2D eigenvalue weighted by Crippen LogP contribution is 2.29. The molecule has 4 nitrogen and oxygen atoms in total. The summed E-state index contributed by atoms with van der Waals surface area (Å²) in [6.45, 7) is 0.652. The highest BCUT2D eigenvalue weighted by Gasteiger charge is 2.11. The molecule has 0 aliphatic carbocycles. The Labute approximate surface area is 117 Å². The number of halogens is 1. The summed E-state index contributed by atoms with van der Waals surface area (Å²) in [5.74, 6) is -0.494. The van der Waals surface area contributed by atoms with E-state index in [1.54, 1.807) is 6.07 Å². The van der Waals surface area contributed by atoms with Gasteiger partial charge in [-0.25, -0.2) is 0 Å². The van der Waals surface area contributed by atoms with Crippen LogP contribution >= 0.6 is 27.3 Å². The van der Waals surface area contributed by atoms with Crippen LogP contribution in [0, 0.1) is 0 Å². The number of carbonyl (C=O) groups is 1. The summed E-state index contributed by atoms with van der Waals surface area (Å²) in [7, 11) is 0. The second kappa shape index (κ2) is 5.41. The van der Waals surface area contributed by atoms with E-state index in [4.69, 9.17) is 11.5 Å². The summed E-state index contributed by atoms with van der Waals surface area (Å²) in [6.07, 6.45) is 0. The monoisotopic (exact) mass is 325 g/mol. The van der Waals surface area contributed by atoms with Crippen molar-refractivity contribution in [1.29, 1.82) is 0 Å². The minimum atomic E-state index is -0.494. The van der Waals surface area contributed by atoms with E-state index in [0.29, 0.717) is 17.1 Å². The van der Waals surface area contributed by atoms with Gasteiger partial charge in [-0.15, -0.1) is 11.3 Å². The maximum atomic E-state index is 11.1. The standard InChI is InChI=1S/C12H12BrN3OS/c13-8-4-2-1-3-7(8)6-16-10-5-9(14)11(18-10)12(15)17/h1-5,16H,6,14H2,(H2,15,17). The molecular formula is C12H12BrN3OS. The van der Waals surface area contributed by atoms with Crippen molar-refractivity contribution in [3.05, 3.63) is 45.2 Å². The van der Waals surface area contributed by atoms with Gasteiger partial charge < -0.3 is 16.8 Å². The third-order valence-corrected chi connectivity index (χ3v) is 4.29. The third kappa shape index (κ3) is 2.83. The van der Waals surface area contributed by atoms with Crippen molar-refractivity contribution in [2.45, 2.75) is 6.54 Å². The summed E-state index contributed by atoms with van der Waals surface area (Å²) in [4.78, 5) is 11.5. The Morgan fingerprint density at radius 1 is 1.39 bits per heavy atom. The number of nitrogens with one attached hydrogen (secondary N) is 1. The fraction of sp³-hybridized carbons (Fsp3) is 0.0833. The average Bonchev–Trinajstić information content (AvgIpc) is 2.70. The number of anilines is 2. The normalized spacial score (nSPS) is 10.3. The van der Waals surface area contributed by atoms with Gasteiger partial charge in [0.2, 0.25) is 0 Å². The summed E-state index contributed by atoms with van der Waals surface area (Å²) >= 11 is 4.74. The number of primary amides is 1. The lowest BCUT2D eigenvalue weighted by Gasteiger charge is -2.05. The van der Waals surface area contributed by atoms with Crippen molar-refractivity contribution in [2.24, 2.45) is 5.73 Å². The third-order valence-electron chi connectivity index (χ3n) is 2.40.